The highest BCUT2D eigenvalue weighted by molar-refractivity contribution is 7.71. The molecule has 0 spiro atoms. The predicted molar refractivity (Wildman–Crippen MR) is 182 cm³/mol. The molecule has 1 saturated heterocycles. The molecule has 6 heterocycles. The molecule has 46 heavy (non-hydrogen) atoms. The van der Waals surface area contributed by atoms with Gasteiger partial charge in [-0.25, -0.2) is 4.98 Å². The minimum atomic E-state index is -2.79. The van der Waals surface area contributed by atoms with E-state index in [9.17, 15) is 4.57 Å². The van der Waals surface area contributed by atoms with Crippen molar-refractivity contribution in [3.05, 3.63) is 55.2 Å². The van der Waals surface area contributed by atoms with E-state index in [0.29, 0.717) is 51.0 Å². The number of pyridine rings is 1. The fraction of sp³-hybridized carbons (Fsp3) is 0.290. The third kappa shape index (κ3) is 5.61. The molecule has 1 fully saturated rings. The normalized spacial score (nSPS) is 14.2. The lowest BCUT2D eigenvalue weighted by molar-refractivity contribution is 0.312. The lowest BCUT2D eigenvalue weighted by Gasteiger charge is -2.35. The molecule has 5 aromatic heterocycles. The molecular weight excluding hydrogens is 603 g/mol. The van der Waals surface area contributed by atoms with Crippen LogP contribution in [-0.4, -0.2) is 98.3 Å². The maximum Gasteiger partial charge on any atom is 0.232 e. The number of ether oxygens (including phenoxy) is 1. The van der Waals surface area contributed by atoms with Gasteiger partial charge in [-0.3, -0.25) is 14.6 Å². The number of piperazine rings is 1. The average molecular weight is 639 g/mol. The van der Waals surface area contributed by atoms with Crippen LogP contribution < -0.4 is 25.6 Å². The SMILES string of the molecule is COc1cc(N2CCN(C)CC2)c(-c2cnn(C)c2)nc1Nc1nc(Nc2ccc3nccnc3c2P(C)(C)=O)c2cc[nH]c2n1. The Balaban J connectivity index is 1.31. The van der Waals surface area contributed by atoms with Crippen molar-refractivity contribution in [2.24, 2.45) is 7.05 Å². The van der Waals surface area contributed by atoms with E-state index < -0.39 is 7.14 Å². The van der Waals surface area contributed by atoms with Crippen LogP contribution in [0.3, 0.4) is 0 Å². The Kier molecular flexibility index (Phi) is 7.53. The van der Waals surface area contributed by atoms with Crippen LogP contribution in [-0.2, 0) is 11.6 Å². The number of aromatic amines is 1. The molecule has 6 aromatic rings. The van der Waals surface area contributed by atoms with Crippen LogP contribution in [0.4, 0.5) is 29.0 Å². The molecule has 236 valence electrons. The van der Waals surface area contributed by atoms with E-state index in [1.807, 2.05) is 43.7 Å². The van der Waals surface area contributed by atoms with Gasteiger partial charge in [-0.2, -0.15) is 15.1 Å². The molecule has 14 nitrogen and oxygen atoms in total. The summed E-state index contributed by atoms with van der Waals surface area (Å²) in [7, 11) is 2.86. The van der Waals surface area contributed by atoms with E-state index in [2.05, 4.69) is 47.5 Å². The second-order valence-corrected chi connectivity index (χ2v) is 14.9. The molecule has 0 radical (unpaired) electrons. The average Bonchev–Trinajstić information content (AvgIpc) is 3.70. The summed E-state index contributed by atoms with van der Waals surface area (Å²) in [5, 5.41) is 12.5. The molecule has 0 unspecified atom stereocenters. The Morgan fingerprint density at radius 2 is 1.76 bits per heavy atom. The highest BCUT2D eigenvalue weighted by Crippen LogP contribution is 2.42. The molecular formula is C31H35N12O2P. The van der Waals surface area contributed by atoms with Crippen molar-refractivity contribution in [1.29, 1.82) is 0 Å². The van der Waals surface area contributed by atoms with Gasteiger partial charge in [0.1, 0.15) is 24.1 Å². The summed E-state index contributed by atoms with van der Waals surface area (Å²) in [5.41, 5.74) is 5.16. The van der Waals surface area contributed by atoms with Crippen molar-refractivity contribution in [2.45, 2.75) is 0 Å². The van der Waals surface area contributed by atoms with Crippen molar-refractivity contribution in [1.82, 2.24) is 44.6 Å². The van der Waals surface area contributed by atoms with Gasteiger partial charge in [0.2, 0.25) is 5.95 Å². The number of aromatic nitrogens is 8. The van der Waals surface area contributed by atoms with E-state index in [1.54, 1.807) is 43.7 Å². The number of nitrogens with one attached hydrogen (secondary N) is 3. The Hall–Kier alpha value is -5.07. The second-order valence-electron chi connectivity index (χ2n) is 11.7. The zero-order valence-electron chi connectivity index (χ0n) is 26.3. The summed E-state index contributed by atoms with van der Waals surface area (Å²) < 4.78 is 21.2. The first-order valence-electron chi connectivity index (χ1n) is 14.9. The lowest BCUT2D eigenvalue weighted by atomic mass is 10.1. The number of hydrogen-bond donors (Lipinski definition) is 3. The summed E-state index contributed by atoms with van der Waals surface area (Å²) in [6.07, 6.45) is 8.80. The molecule has 7 rings (SSSR count). The van der Waals surface area contributed by atoms with Gasteiger partial charge < -0.3 is 34.7 Å². The van der Waals surface area contributed by atoms with Crippen LogP contribution in [0.1, 0.15) is 0 Å². The number of H-pyrrole nitrogens is 1. The molecule has 0 saturated carbocycles. The van der Waals surface area contributed by atoms with E-state index in [0.717, 1.165) is 48.5 Å². The smallest absolute Gasteiger partial charge is 0.232 e. The van der Waals surface area contributed by atoms with Crippen LogP contribution in [0.25, 0.3) is 33.3 Å². The van der Waals surface area contributed by atoms with E-state index in [1.165, 1.54) is 0 Å². The maximum atomic E-state index is 13.5. The lowest BCUT2D eigenvalue weighted by Crippen LogP contribution is -2.44. The zero-order valence-corrected chi connectivity index (χ0v) is 27.2. The minimum absolute atomic E-state index is 0.297. The number of fused-ring (bicyclic) bond motifs is 2. The van der Waals surface area contributed by atoms with Crippen molar-refractivity contribution < 1.29 is 9.30 Å². The van der Waals surface area contributed by atoms with E-state index in [-0.39, 0.29) is 0 Å². The number of aryl methyl sites for hydroxylation is 1. The molecule has 0 bridgehead atoms. The standard InChI is InChI=1S/C31H35N12O2P/c1-41-12-14-43(15-13-41)23-16-24(45-3)30(37-25(23)19-17-35-42(2)18-19)40-31-38-28-20(8-9-34-28)29(39-31)36-22-7-6-21-26(33-11-10-32-21)27(22)46(4,5)44/h6-11,16-18H,12-15H2,1-5H3,(H3,34,36,37,38,39,40). The third-order valence-corrected chi connectivity index (χ3v) is 9.59. The van der Waals surface area contributed by atoms with E-state index >= 15 is 0 Å². The first kappa shape index (κ1) is 29.6. The maximum absolute atomic E-state index is 13.5. The Labute approximate surface area is 265 Å². The second kappa shape index (κ2) is 11.7. The Bertz CT molecular complexity index is 2110. The largest absolute Gasteiger partial charge is 0.493 e. The van der Waals surface area contributed by atoms with Gasteiger partial charge in [0.05, 0.1) is 46.6 Å². The van der Waals surface area contributed by atoms with Crippen LogP contribution in [0.15, 0.2) is 55.2 Å². The number of methoxy groups -OCH3 is 1. The minimum Gasteiger partial charge on any atom is -0.493 e. The molecule has 0 atom stereocenters. The number of likely N-dealkylation sites (N-methyl/N-ethyl adjacent to an activating group) is 1. The number of anilines is 5. The molecule has 15 heteroatoms. The molecule has 1 aliphatic rings. The number of nitrogens with zero attached hydrogens (tertiary/aromatic N) is 9. The predicted octanol–water partition coefficient (Wildman–Crippen LogP) is 4.19. The van der Waals surface area contributed by atoms with Crippen LogP contribution in [0.2, 0.25) is 0 Å². The highest BCUT2D eigenvalue weighted by Gasteiger charge is 2.25. The van der Waals surface area contributed by atoms with Gasteiger partial charge >= 0.3 is 0 Å². The van der Waals surface area contributed by atoms with Gasteiger partial charge in [0.25, 0.3) is 0 Å². The Morgan fingerprint density at radius 3 is 2.50 bits per heavy atom. The monoisotopic (exact) mass is 638 g/mol. The van der Waals surface area contributed by atoms with Crippen molar-refractivity contribution in [3.8, 4) is 17.0 Å². The van der Waals surface area contributed by atoms with Gasteiger partial charge in [-0.1, -0.05) is 0 Å². The Morgan fingerprint density at radius 1 is 0.957 bits per heavy atom. The summed E-state index contributed by atoms with van der Waals surface area (Å²) in [5.74, 6) is 1.84. The van der Waals surface area contributed by atoms with Gasteiger partial charge in [0, 0.05) is 69.6 Å². The molecule has 3 N–H and O–H groups in total. The van der Waals surface area contributed by atoms with E-state index in [4.69, 9.17) is 19.7 Å². The molecule has 0 aliphatic carbocycles. The topological polar surface area (TPSA) is 155 Å². The quantitative estimate of drug-likeness (QED) is 0.205. The number of benzene rings is 1. The van der Waals surface area contributed by atoms with Crippen molar-refractivity contribution >= 4 is 63.5 Å². The van der Waals surface area contributed by atoms with Gasteiger partial charge in [0.15, 0.2) is 11.6 Å². The third-order valence-electron chi connectivity index (χ3n) is 8.06. The summed E-state index contributed by atoms with van der Waals surface area (Å²) in [6, 6.07) is 7.62. The zero-order chi connectivity index (χ0) is 32.0. The van der Waals surface area contributed by atoms with Crippen LogP contribution >= 0.6 is 7.14 Å². The fourth-order valence-corrected chi connectivity index (χ4v) is 7.16. The highest BCUT2D eigenvalue weighted by atomic mass is 31.2. The summed E-state index contributed by atoms with van der Waals surface area (Å²) >= 11 is 0. The van der Waals surface area contributed by atoms with Gasteiger partial charge in [-0.05, 0) is 38.6 Å². The molecule has 1 aliphatic heterocycles. The first-order chi connectivity index (χ1) is 22.2. The van der Waals surface area contributed by atoms with Crippen LogP contribution in [0, 0.1) is 0 Å². The fourth-order valence-electron chi connectivity index (χ4n) is 5.77. The molecule has 0 amide bonds. The van der Waals surface area contributed by atoms with Crippen molar-refractivity contribution in [3.63, 3.8) is 0 Å². The molecule has 1 aromatic carbocycles. The van der Waals surface area contributed by atoms with Crippen LogP contribution in [0.5, 0.6) is 5.75 Å². The number of rotatable bonds is 8. The summed E-state index contributed by atoms with van der Waals surface area (Å²) in [4.78, 5) is 31.4. The summed E-state index contributed by atoms with van der Waals surface area (Å²) in [6.45, 7) is 7.09. The first-order valence-corrected chi connectivity index (χ1v) is 17.5. The van der Waals surface area contributed by atoms with Gasteiger partial charge in [-0.15, -0.1) is 0 Å². The number of hydrogen-bond acceptors (Lipinski definition) is 12. The van der Waals surface area contributed by atoms with Crippen molar-refractivity contribution in [2.75, 3.05) is 69.2 Å².